The third-order valence-corrected chi connectivity index (χ3v) is 4.31. The number of nitrogens with one attached hydrogen (secondary N) is 2. The molecule has 0 radical (unpaired) electrons. The third kappa shape index (κ3) is 6.16. The average Bonchev–Trinajstić information content (AvgIpc) is 2.67. The van der Waals surface area contributed by atoms with Gasteiger partial charge in [-0.15, -0.1) is 0 Å². The van der Waals surface area contributed by atoms with Gasteiger partial charge >= 0.3 is 0 Å². The lowest BCUT2D eigenvalue weighted by molar-refractivity contribution is -0.118. The number of hydrogen-bond donors (Lipinski definition) is 2. The first-order valence-corrected chi connectivity index (χ1v) is 9.30. The quantitative estimate of drug-likeness (QED) is 0.693. The molecule has 2 aromatic carbocycles. The Hall–Kier alpha value is -2.73. The molecule has 1 atom stereocenters. The van der Waals surface area contributed by atoms with Crippen LogP contribution in [0.3, 0.4) is 0 Å². The van der Waals surface area contributed by atoms with E-state index < -0.39 is 6.04 Å². The van der Waals surface area contributed by atoms with E-state index in [9.17, 15) is 9.59 Å². The molecule has 1 unspecified atom stereocenters. The normalized spacial score (nSPS) is 11.6. The molecule has 2 aromatic rings. The highest BCUT2D eigenvalue weighted by atomic mass is 35.5. The van der Waals surface area contributed by atoms with Crippen LogP contribution in [0.25, 0.3) is 0 Å². The number of rotatable bonds is 8. The van der Waals surface area contributed by atoms with Crippen LogP contribution in [0.1, 0.15) is 30.6 Å². The van der Waals surface area contributed by atoms with Crippen LogP contribution in [0, 0.1) is 5.92 Å². The smallest absolute Gasteiger partial charge is 0.251 e. The Morgan fingerprint density at radius 2 is 1.57 bits per heavy atom. The number of methoxy groups -OCH3 is 2. The van der Waals surface area contributed by atoms with E-state index in [4.69, 9.17) is 21.1 Å². The van der Waals surface area contributed by atoms with Gasteiger partial charge in [0, 0.05) is 34.5 Å². The molecule has 0 bridgehead atoms. The van der Waals surface area contributed by atoms with Crippen LogP contribution in [0.15, 0.2) is 42.5 Å². The molecule has 2 amide bonds. The molecule has 0 saturated heterocycles. The molecule has 2 N–H and O–H groups in total. The standard InChI is InChI=1S/C21H25ClN2O4/c1-13(2)9-19(24-20(25)14-5-7-15(22)8-6-14)21(26)23-16-10-17(27-3)12-18(11-16)28-4/h5-8,10-13,19H,9H2,1-4H3,(H,23,26)(H,24,25). The highest BCUT2D eigenvalue weighted by Crippen LogP contribution is 2.26. The van der Waals surface area contributed by atoms with Crippen molar-refractivity contribution < 1.29 is 19.1 Å². The fourth-order valence-electron chi connectivity index (χ4n) is 2.65. The van der Waals surface area contributed by atoms with Crippen LogP contribution < -0.4 is 20.1 Å². The summed E-state index contributed by atoms with van der Waals surface area (Å²) in [5.41, 5.74) is 0.963. The van der Waals surface area contributed by atoms with Crippen LogP contribution in [0.4, 0.5) is 5.69 Å². The molecule has 0 aliphatic carbocycles. The third-order valence-electron chi connectivity index (χ3n) is 4.05. The summed E-state index contributed by atoms with van der Waals surface area (Å²) in [5.74, 6) is 0.675. The Morgan fingerprint density at radius 1 is 1.00 bits per heavy atom. The minimum Gasteiger partial charge on any atom is -0.497 e. The van der Waals surface area contributed by atoms with Crippen molar-refractivity contribution in [1.29, 1.82) is 0 Å². The van der Waals surface area contributed by atoms with Gasteiger partial charge < -0.3 is 20.1 Å². The lowest BCUT2D eigenvalue weighted by atomic mass is 10.0. The molecule has 0 aromatic heterocycles. The second-order valence-corrected chi connectivity index (χ2v) is 7.19. The SMILES string of the molecule is COc1cc(NC(=O)C(CC(C)C)NC(=O)c2ccc(Cl)cc2)cc(OC)c1. The Morgan fingerprint density at radius 3 is 2.07 bits per heavy atom. The molecule has 0 heterocycles. The first-order chi connectivity index (χ1) is 13.3. The summed E-state index contributed by atoms with van der Waals surface area (Å²) in [6.07, 6.45) is 0.492. The van der Waals surface area contributed by atoms with Gasteiger partial charge in [0.1, 0.15) is 17.5 Å². The van der Waals surface area contributed by atoms with Gasteiger partial charge in [-0.1, -0.05) is 25.4 Å². The van der Waals surface area contributed by atoms with E-state index in [1.165, 1.54) is 14.2 Å². The van der Waals surface area contributed by atoms with Gasteiger partial charge in [0.15, 0.2) is 0 Å². The zero-order valence-electron chi connectivity index (χ0n) is 16.4. The van der Waals surface area contributed by atoms with Crippen LogP contribution in [0.2, 0.25) is 5.02 Å². The molecule has 7 heteroatoms. The molecule has 0 fully saturated rings. The van der Waals surface area contributed by atoms with Gasteiger partial charge in [0.2, 0.25) is 5.91 Å². The van der Waals surface area contributed by atoms with Gasteiger partial charge in [0.25, 0.3) is 5.91 Å². The molecule has 6 nitrogen and oxygen atoms in total. The fourth-order valence-corrected chi connectivity index (χ4v) is 2.78. The highest BCUT2D eigenvalue weighted by molar-refractivity contribution is 6.30. The van der Waals surface area contributed by atoms with Crippen molar-refractivity contribution in [3.8, 4) is 11.5 Å². The largest absolute Gasteiger partial charge is 0.497 e. The van der Waals surface area contributed by atoms with E-state index in [1.807, 2.05) is 13.8 Å². The minimum atomic E-state index is -0.694. The molecule has 28 heavy (non-hydrogen) atoms. The Bertz CT molecular complexity index is 799. The zero-order chi connectivity index (χ0) is 20.7. The average molecular weight is 405 g/mol. The first-order valence-electron chi connectivity index (χ1n) is 8.92. The number of carbonyl (C=O) groups is 2. The molecular formula is C21H25ClN2O4. The topological polar surface area (TPSA) is 76.7 Å². The summed E-state index contributed by atoms with van der Waals surface area (Å²) in [6, 6.07) is 10.9. The summed E-state index contributed by atoms with van der Waals surface area (Å²) < 4.78 is 10.4. The van der Waals surface area contributed by atoms with Gasteiger partial charge in [-0.05, 0) is 36.6 Å². The predicted octanol–water partition coefficient (Wildman–Crippen LogP) is 4.14. The van der Waals surface area contributed by atoms with Gasteiger partial charge in [0.05, 0.1) is 14.2 Å². The molecule has 0 aliphatic heterocycles. The second kappa shape index (κ2) is 9.99. The Labute approximate surface area is 170 Å². The zero-order valence-corrected chi connectivity index (χ0v) is 17.2. The maximum atomic E-state index is 12.8. The number of carbonyl (C=O) groups excluding carboxylic acids is 2. The van der Waals surface area contributed by atoms with Crippen molar-refractivity contribution in [2.24, 2.45) is 5.92 Å². The number of hydrogen-bond acceptors (Lipinski definition) is 4. The van der Waals surface area contributed by atoms with Gasteiger partial charge in [-0.25, -0.2) is 0 Å². The monoisotopic (exact) mass is 404 g/mol. The van der Waals surface area contributed by atoms with Crippen LogP contribution in [-0.2, 0) is 4.79 Å². The van der Waals surface area contributed by atoms with E-state index in [0.29, 0.717) is 34.2 Å². The van der Waals surface area contributed by atoms with Crippen molar-refractivity contribution in [1.82, 2.24) is 5.32 Å². The van der Waals surface area contributed by atoms with Crippen LogP contribution in [0.5, 0.6) is 11.5 Å². The molecule has 0 saturated carbocycles. The second-order valence-electron chi connectivity index (χ2n) is 6.75. The first kappa shape index (κ1) is 21.6. The van der Waals surface area contributed by atoms with Crippen LogP contribution >= 0.6 is 11.6 Å². The van der Waals surface area contributed by atoms with E-state index in [-0.39, 0.29) is 17.7 Å². The van der Waals surface area contributed by atoms with Gasteiger partial charge in [-0.2, -0.15) is 0 Å². The molecule has 2 rings (SSSR count). The van der Waals surface area contributed by atoms with Crippen molar-refractivity contribution in [3.05, 3.63) is 53.1 Å². The number of benzene rings is 2. The van der Waals surface area contributed by atoms with Crippen molar-refractivity contribution in [2.75, 3.05) is 19.5 Å². The number of halogens is 1. The number of ether oxygens (including phenoxy) is 2. The fraction of sp³-hybridized carbons (Fsp3) is 0.333. The maximum absolute atomic E-state index is 12.8. The van der Waals surface area contributed by atoms with Crippen LogP contribution in [-0.4, -0.2) is 32.1 Å². The number of amides is 2. The molecule has 0 aliphatic rings. The van der Waals surface area contributed by atoms with Gasteiger partial charge in [-0.3, -0.25) is 9.59 Å². The highest BCUT2D eigenvalue weighted by Gasteiger charge is 2.23. The lowest BCUT2D eigenvalue weighted by Crippen LogP contribution is -2.44. The summed E-state index contributed by atoms with van der Waals surface area (Å²) >= 11 is 5.86. The Balaban J connectivity index is 2.16. The summed E-state index contributed by atoms with van der Waals surface area (Å²) in [6.45, 7) is 3.98. The maximum Gasteiger partial charge on any atom is 0.251 e. The lowest BCUT2D eigenvalue weighted by Gasteiger charge is -2.20. The molecule has 0 spiro atoms. The predicted molar refractivity (Wildman–Crippen MR) is 110 cm³/mol. The summed E-state index contributed by atoms with van der Waals surface area (Å²) in [4.78, 5) is 25.4. The van der Waals surface area contributed by atoms with E-state index in [1.54, 1.807) is 42.5 Å². The number of anilines is 1. The van der Waals surface area contributed by atoms with E-state index in [0.717, 1.165) is 0 Å². The Kier molecular flexibility index (Phi) is 7.70. The van der Waals surface area contributed by atoms with E-state index >= 15 is 0 Å². The molecule has 150 valence electrons. The molecular weight excluding hydrogens is 380 g/mol. The summed E-state index contributed by atoms with van der Waals surface area (Å²) in [7, 11) is 3.07. The summed E-state index contributed by atoms with van der Waals surface area (Å²) in [5, 5.41) is 6.17. The van der Waals surface area contributed by atoms with Crippen molar-refractivity contribution in [2.45, 2.75) is 26.3 Å². The minimum absolute atomic E-state index is 0.209. The van der Waals surface area contributed by atoms with Crippen molar-refractivity contribution >= 4 is 29.1 Å². The van der Waals surface area contributed by atoms with Crippen molar-refractivity contribution in [3.63, 3.8) is 0 Å². The van der Waals surface area contributed by atoms with E-state index in [2.05, 4.69) is 10.6 Å².